The van der Waals surface area contributed by atoms with Crippen LogP contribution >= 0.6 is 0 Å². The fourth-order valence-electron chi connectivity index (χ4n) is 3.71. The molecule has 0 spiro atoms. The van der Waals surface area contributed by atoms with E-state index in [1.54, 1.807) is 0 Å². The second-order valence-electron chi connectivity index (χ2n) is 7.40. The number of aromatic nitrogens is 2. The first kappa shape index (κ1) is 16.4. The molecule has 6 nitrogen and oxygen atoms in total. The van der Waals surface area contributed by atoms with Gasteiger partial charge in [-0.15, -0.1) is 10.2 Å². The fraction of sp³-hybridized carbons (Fsp3) is 0.381. The molecule has 0 radical (unpaired) electrons. The number of fused-ring (bicyclic) bond motifs is 1. The van der Waals surface area contributed by atoms with Crippen LogP contribution in [0.25, 0.3) is 10.8 Å². The van der Waals surface area contributed by atoms with Crippen molar-refractivity contribution in [1.82, 2.24) is 20.0 Å². The summed E-state index contributed by atoms with van der Waals surface area (Å²) in [4.78, 5) is 17.3. The van der Waals surface area contributed by atoms with Crippen molar-refractivity contribution in [3.8, 4) is 0 Å². The van der Waals surface area contributed by atoms with E-state index in [-0.39, 0.29) is 5.91 Å². The van der Waals surface area contributed by atoms with Gasteiger partial charge in [-0.2, -0.15) is 0 Å². The Labute approximate surface area is 157 Å². The molecule has 3 aromatic rings. The Balaban J connectivity index is 1.23. The average molecular weight is 362 g/mol. The third-order valence-electron chi connectivity index (χ3n) is 5.45. The highest BCUT2D eigenvalue weighted by molar-refractivity contribution is 6.07. The molecule has 27 heavy (non-hydrogen) atoms. The van der Waals surface area contributed by atoms with E-state index >= 15 is 0 Å². The number of nitrogens with zero attached hydrogens (tertiary/aromatic N) is 4. The van der Waals surface area contributed by atoms with Gasteiger partial charge in [0.15, 0.2) is 0 Å². The van der Waals surface area contributed by atoms with Crippen LogP contribution in [-0.2, 0) is 6.54 Å². The molecule has 1 aromatic heterocycles. The summed E-state index contributed by atoms with van der Waals surface area (Å²) in [5.41, 5.74) is 0.785. The lowest BCUT2D eigenvalue weighted by atomic mass is 10.0. The number of hydrogen-bond acceptors (Lipinski definition) is 5. The molecule has 2 aliphatic rings. The molecule has 0 atom stereocenters. The number of rotatable bonds is 4. The third kappa shape index (κ3) is 3.32. The van der Waals surface area contributed by atoms with E-state index in [4.69, 9.17) is 4.42 Å². The Morgan fingerprint density at radius 2 is 1.78 bits per heavy atom. The zero-order valence-electron chi connectivity index (χ0n) is 15.2. The van der Waals surface area contributed by atoms with Crippen molar-refractivity contribution < 1.29 is 9.21 Å². The van der Waals surface area contributed by atoms with Crippen molar-refractivity contribution in [3.05, 3.63) is 59.8 Å². The SMILES string of the molecule is O=C(c1cccc2ccccc12)N1CCN(Cc2nnc(C3CC3)o2)CC1. The first-order valence-electron chi connectivity index (χ1n) is 9.59. The molecule has 0 N–H and O–H groups in total. The molecule has 0 unspecified atom stereocenters. The molecule has 1 amide bonds. The van der Waals surface area contributed by atoms with Crippen LogP contribution in [0.3, 0.4) is 0 Å². The molecular formula is C21H22N4O2. The molecule has 1 aliphatic carbocycles. The van der Waals surface area contributed by atoms with Gasteiger partial charge in [0.2, 0.25) is 11.8 Å². The van der Waals surface area contributed by atoms with Crippen LogP contribution in [0.4, 0.5) is 0 Å². The number of hydrogen-bond donors (Lipinski definition) is 0. The van der Waals surface area contributed by atoms with Crippen molar-refractivity contribution >= 4 is 16.7 Å². The fourth-order valence-corrected chi connectivity index (χ4v) is 3.71. The molecule has 1 aliphatic heterocycles. The summed E-state index contributed by atoms with van der Waals surface area (Å²) in [6.45, 7) is 3.72. The number of amides is 1. The van der Waals surface area contributed by atoms with Crippen LogP contribution in [0.5, 0.6) is 0 Å². The Morgan fingerprint density at radius 3 is 2.59 bits per heavy atom. The lowest BCUT2D eigenvalue weighted by Crippen LogP contribution is -2.48. The van der Waals surface area contributed by atoms with E-state index in [2.05, 4.69) is 15.1 Å². The molecule has 2 fully saturated rings. The number of benzene rings is 2. The zero-order chi connectivity index (χ0) is 18.2. The van der Waals surface area contributed by atoms with E-state index in [1.165, 1.54) is 0 Å². The minimum atomic E-state index is 0.111. The predicted octanol–water partition coefficient (Wildman–Crippen LogP) is 3.06. The molecule has 1 saturated carbocycles. The van der Waals surface area contributed by atoms with Crippen LogP contribution in [0.2, 0.25) is 0 Å². The first-order valence-corrected chi connectivity index (χ1v) is 9.59. The maximum Gasteiger partial charge on any atom is 0.254 e. The van der Waals surface area contributed by atoms with Crippen molar-refractivity contribution in [1.29, 1.82) is 0 Å². The highest BCUT2D eigenvalue weighted by Gasteiger charge is 2.30. The quantitative estimate of drug-likeness (QED) is 0.714. The van der Waals surface area contributed by atoms with Gasteiger partial charge >= 0.3 is 0 Å². The lowest BCUT2D eigenvalue weighted by Gasteiger charge is -2.34. The van der Waals surface area contributed by atoms with E-state index in [0.717, 1.165) is 48.2 Å². The van der Waals surface area contributed by atoms with Gasteiger partial charge in [0.1, 0.15) is 0 Å². The minimum absolute atomic E-state index is 0.111. The third-order valence-corrected chi connectivity index (χ3v) is 5.45. The maximum atomic E-state index is 13.0. The van der Waals surface area contributed by atoms with Crippen LogP contribution in [0, 0.1) is 0 Å². The Hall–Kier alpha value is -2.73. The van der Waals surface area contributed by atoms with Crippen LogP contribution in [0.15, 0.2) is 46.9 Å². The van der Waals surface area contributed by atoms with Gasteiger partial charge in [-0.1, -0.05) is 36.4 Å². The van der Waals surface area contributed by atoms with E-state index in [1.807, 2.05) is 47.4 Å². The summed E-state index contributed by atoms with van der Waals surface area (Å²) in [6, 6.07) is 14.0. The Kier molecular flexibility index (Phi) is 4.13. The predicted molar refractivity (Wildman–Crippen MR) is 101 cm³/mol. The summed E-state index contributed by atoms with van der Waals surface area (Å²) >= 11 is 0. The largest absolute Gasteiger partial charge is 0.424 e. The standard InChI is InChI=1S/C21H22N4O2/c26-21(18-7-3-5-15-4-1-2-6-17(15)18)25-12-10-24(11-13-25)14-19-22-23-20(27-19)16-8-9-16/h1-7,16H,8-14H2. The molecule has 2 heterocycles. The molecule has 2 aromatic carbocycles. The van der Waals surface area contributed by atoms with Gasteiger partial charge in [0.25, 0.3) is 5.91 Å². The summed E-state index contributed by atoms with van der Waals surface area (Å²) in [7, 11) is 0. The van der Waals surface area contributed by atoms with Crippen LogP contribution < -0.4 is 0 Å². The normalized spacial score (nSPS) is 18.1. The van der Waals surface area contributed by atoms with E-state index < -0.39 is 0 Å². The lowest BCUT2D eigenvalue weighted by molar-refractivity contribution is 0.0619. The topological polar surface area (TPSA) is 62.5 Å². The molecule has 0 bridgehead atoms. The zero-order valence-corrected chi connectivity index (χ0v) is 15.2. The van der Waals surface area contributed by atoms with Gasteiger partial charge in [0, 0.05) is 37.7 Å². The van der Waals surface area contributed by atoms with Gasteiger partial charge in [-0.3, -0.25) is 9.69 Å². The summed E-state index contributed by atoms with van der Waals surface area (Å²) in [5, 5.41) is 10.4. The van der Waals surface area contributed by atoms with Gasteiger partial charge < -0.3 is 9.32 Å². The van der Waals surface area contributed by atoms with Crippen molar-refractivity contribution in [2.45, 2.75) is 25.3 Å². The van der Waals surface area contributed by atoms with Crippen LogP contribution in [-0.4, -0.2) is 52.1 Å². The van der Waals surface area contributed by atoms with Crippen molar-refractivity contribution in [2.75, 3.05) is 26.2 Å². The first-order chi connectivity index (χ1) is 13.3. The summed E-state index contributed by atoms with van der Waals surface area (Å²) in [5.74, 6) is 2.07. The van der Waals surface area contributed by atoms with E-state index in [0.29, 0.717) is 31.4 Å². The minimum Gasteiger partial charge on any atom is -0.424 e. The van der Waals surface area contributed by atoms with Crippen molar-refractivity contribution in [3.63, 3.8) is 0 Å². The molecule has 5 rings (SSSR count). The molecule has 6 heteroatoms. The van der Waals surface area contributed by atoms with Crippen LogP contribution in [0.1, 0.15) is 40.9 Å². The number of carbonyl (C=O) groups excluding carboxylic acids is 1. The smallest absolute Gasteiger partial charge is 0.254 e. The second-order valence-corrected chi connectivity index (χ2v) is 7.40. The second kappa shape index (κ2) is 6.78. The maximum absolute atomic E-state index is 13.0. The Bertz CT molecular complexity index is 966. The molecule has 1 saturated heterocycles. The van der Waals surface area contributed by atoms with Gasteiger partial charge in [-0.05, 0) is 29.7 Å². The number of piperazine rings is 1. The summed E-state index contributed by atoms with van der Waals surface area (Å²) in [6.07, 6.45) is 2.33. The van der Waals surface area contributed by atoms with Crippen molar-refractivity contribution in [2.24, 2.45) is 0 Å². The highest BCUT2D eigenvalue weighted by atomic mass is 16.4. The van der Waals surface area contributed by atoms with Gasteiger partial charge in [-0.25, -0.2) is 0 Å². The Morgan fingerprint density at radius 1 is 1.00 bits per heavy atom. The average Bonchev–Trinajstić information content (AvgIpc) is 3.47. The number of carbonyl (C=O) groups is 1. The van der Waals surface area contributed by atoms with Gasteiger partial charge in [0.05, 0.1) is 6.54 Å². The molecular weight excluding hydrogens is 340 g/mol. The summed E-state index contributed by atoms with van der Waals surface area (Å²) < 4.78 is 5.76. The molecule has 138 valence electrons. The van der Waals surface area contributed by atoms with E-state index in [9.17, 15) is 4.79 Å². The highest BCUT2D eigenvalue weighted by Crippen LogP contribution is 2.39. The monoisotopic (exact) mass is 362 g/mol.